The van der Waals surface area contributed by atoms with Crippen molar-refractivity contribution in [2.45, 2.75) is 30.6 Å². The van der Waals surface area contributed by atoms with Gasteiger partial charge in [0.1, 0.15) is 32.1 Å². The molecule has 0 heterocycles. The molecule has 0 unspecified atom stereocenters. The van der Waals surface area contributed by atoms with Crippen LogP contribution in [-0.2, 0) is 20.2 Å². The van der Waals surface area contributed by atoms with E-state index < -0.39 is 41.5 Å². The standard InChI is InChI=1S/C32H29N5O8S2.C6H15NO3.2Na/c1-18-12-20(3)30(28(13-18)46(39,40)41)36-34-25-17-27(45-4)26(14-19(25)2)35-37-31-29(47(42,43)44)16-21-15-23(10-11-24(21)32(31)38)33-22-8-6-5-7-9-22;8-4-1-7(2-5-9)3-6-10;;/h5-17,33,38H,1-4H3,(H,39,40,41)(H,42,43,44);8-10H,1-6H2;;/q;;2*+1/p-2. The number of ether oxygens (including phenoxy) is 1. The van der Waals surface area contributed by atoms with Crippen molar-refractivity contribution in [1.29, 1.82) is 0 Å². The molecule has 304 valence electrons. The van der Waals surface area contributed by atoms with Gasteiger partial charge in [0.25, 0.3) is 10.1 Å². The van der Waals surface area contributed by atoms with Crippen molar-refractivity contribution in [1.82, 2.24) is 4.90 Å². The van der Waals surface area contributed by atoms with Gasteiger partial charge in [0.15, 0.2) is 0 Å². The molecule has 5 aromatic carbocycles. The molecule has 5 N–H and O–H groups in total. The van der Waals surface area contributed by atoms with Crippen molar-refractivity contribution in [3.8, 4) is 11.5 Å². The van der Waals surface area contributed by atoms with Crippen molar-refractivity contribution in [3.63, 3.8) is 0 Å². The Morgan fingerprint density at radius 2 is 1.29 bits per heavy atom. The quantitative estimate of drug-likeness (QED) is 0.0521. The minimum absolute atomic E-state index is 0. The van der Waals surface area contributed by atoms with E-state index in [4.69, 9.17) is 20.1 Å². The first-order valence-corrected chi connectivity index (χ1v) is 20.1. The number of nitrogens with one attached hydrogen (secondary N) is 1. The number of methoxy groups -OCH3 is 1. The van der Waals surface area contributed by atoms with Gasteiger partial charge < -0.3 is 35.0 Å². The topological polar surface area (TPSA) is 269 Å². The molecule has 21 heteroatoms. The normalized spacial score (nSPS) is 11.6. The summed E-state index contributed by atoms with van der Waals surface area (Å²) in [4.78, 5) is 0.560. The van der Waals surface area contributed by atoms with Gasteiger partial charge in [0, 0.05) is 37.1 Å². The van der Waals surface area contributed by atoms with Crippen molar-refractivity contribution >= 4 is 65.1 Å². The third-order valence-electron chi connectivity index (χ3n) is 8.31. The van der Waals surface area contributed by atoms with Crippen molar-refractivity contribution < 1.29 is 110 Å². The summed E-state index contributed by atoms with van der Waals surface area (Å²) in [5.74, 6) is -0.673. The van der Waals surface area contributed by atoms with Crippen LogP contribution in [0, 0.1) is 20.8 Å². The van der Waals surface area contributed by atoms with Gasteiger partial charge in [-0.1, -0.05) is 36.1 Å². The predicted molar refractivity (Wildman–Crippen MR) is 211 cm³/mol. The zero-order valence-corrected chi connectivity index (χ0v) is 39.1. The average Bonchev–Trinajstić information content (AvgIpc) is 3.14. The minimum Gasteiger partial charge on any atom is -0.871 e. The summed E-state index contributed by atoms with van der Waals surface area (Å²) in [6, 6.07) is 20.9. The van der Waals surface area contributed by atoms with Gasteiger partial charge >= 0.3 is 59.1 Å². The van der Waals surface area contributed by atoms with Gasteiger partial charge in [-0.05, 0) is 90.7 Å². The molecule has 17 nitrogen and oxygen atoms in total. The largest absolute Gasteiger partial charge is 1.00 e. The Balaban J connectivity index is 0.000000887. The summed E-state index contributed by atoms with van der Waals surface area (Å²) < 4.78 is 75.7. The maximum Gasteiger partial charge on any atom is 1.00 e. The van der Waals surface area contributed by atoms with E-state index in [-0.39, 0.29) is 113 Å². The molecule has 0 fully saturated rings. The maximum absolute atomic E-state index is 13.5. The first-order valence-electron chi connectivity index (χ1n) is 17.2. The summed E-state index contributed by atoms with van der Waals surface area (Å²) in [7, 11) is -8.41. The van der Waals surface area contributed by atoms with E-state index in [0.717, 1.165) is 11.8 Å². The molecular formula is C38H42N6Na2O11S2. The van der Waals surface area contributed by atoms with Crippen LogP contribution < -0.4 is 74.3 Å². The van der Waals surface area contributed by atoms with Gasteiger partial charge in [-0.2, -0.15) is 13.5 Å². The second kappa shape index (κ2) is 23.6. The fourth-order valence-corrected chi connectivity index (χ4v) is 7.04. The van der Waals surface area contributed by atoms with Gasteiger partial charge in [-0.15, -0.1) is 15.3 Å². The van der Waals surface area contributed by atoms with E-state index in [1.54, 1.807) is 43.9 Å². The molecule has 0 bridgehead atoms. The van der Waals surface area contributed by atoms with Crippen LogP contribution in [0.15, 0.2) is 109 Å². The Kier molecular flexibility index (Phi) is 20.7. The van der Waals surface area contributed by atoms with E-state index in [9.17, 15) is 31.0 Å². The number of hydrogen-bond donors (Lipinski definition) is 5. The van der Waals surface area contributed by atoms with Crippen molar-refractivity contribution in [2.24, 2.45) is 20.5 Å². The molecule has 0 radical (unpaired) electrons. The summed E-state index contributed by atoms with van der Waals surface area (Å²) >= 11 is 0. The number of nitrogens with zero attached hydrogens (tertiary/aromatic N) is 5. The van der Waals surface area contributed by atoms with Crippen LogP contribution in [0.1, 0.15) is 16.7 Å². The Bertz CT molecular complexity index is 2480. The van der Waals surface area contributed by atoms with Crippen LogP contribution >= 0.6 is 0 Å². The molecule has 0 aliphatic heterocycles. The summed E-state index contributed by atoms with van der Waals surface area (Å²) in [6.45, 7) is 6.65. The van der Waals surface area contributed by atoms with Gasteiger partial charge in [0.2, 0.25) is 0 Å². The third-order valence-corrected chi connectivity index (χ3v) is 10.0. The molecule has 0 aromatic heterocycles. The molecule has 5 rings (SSSR count). The molecule has 0 aliphatic rings. The SMILES string of the molecule is COc1cc(N=Nc2c(C)cc(C)cc2S(=O)(=O)[O-])c(C)cc1N=Nc1c(S(=O)(=O)O)cc2cc(Nc3ccccc3)ccc2c1[O-].OCCN(CCO)CCO.[Na+].[Na+]. The number of aryl methyl sites for hydroxylation is 3. The number of hydrogen-bond acceptors (Lipinski definition) is 16. The van der Waals surface area contributed by atoms with Gasteiger partial charge in [0.05, 0.1) is 43.2 Å². The Labute approximate surface area is 387 Å². The van der Waals surface area contributed by atoms with Crippen LogP contribution in [0.3, 0.4) is 0 Å². The zero-order chi connectivity index (χ0) is 41.9. The maximum atomic E-state index is 13.5. The molecule has 5 aromatic rings. The molecule has 0 spiro atoms. The Morgan fingerprint density at radius 3 is 1.85 bits per heavy atom. The Morgan fingerprint density at radius 1 is 0.695 bits per heavy atom. The first kappa shape index (κ1) is 51.8. The number of fused-ring (bicyclic) bond motifs is 1. The van der Waals surface area contributed by atoms with Crippen LogP contribution in [0.2, 0.25) is 0 Å². The number of aliphatic hydroxyl groups excluding tert-OH is 3. The van der Waals surface area contributed by atoms with E-state index in [2.05, 4.69) is 25.8 Å². The second-order valence-corrected chi connectivity index (χ2v) is 15.3. The molecule has 0 saturated heterocycles. The number of rotatable bonds is 15. The number of anilines is 2. The van der Waals surface area contributed by atoms with E-state index >= 15 is 0 Å². The summed E-state index contributed by atoms with van der Waals surface area (Å²) in [5, 5.41) is 58.7. The average molecular weight is 869 g/mol. The van der Waals surface area contributed by atoms with Crippen LogP contribution in [0.5, 0.6) is 11.5 Å². The molecular weight excluding hydrogens is 827 g/mol. The molecule has 0 atom stereocenters. The minimum atomic E-state index is -4.91. The number of para-hydroxylation sites is 1. The predicted octanol–water partition coefficient (Wildman–Crippen LogP) is -0.154. The monoisotopic (exact) mass is 868 g/mol. The van der Waals surface area contributed by atoms with Crippen molar-refractivity contribution in [2.75, 3.05) is 51.9 Å². The summed E-state index contributed by atoms with van der Waals surface area (Å²) in [6.07, 6.45) is 0. The number of aliphatic hydroxyl groups is 3. The fourth-order valence-electron chi connectivity index (χ4n) is 5.61. The molecule has 0 saturated carbocycles. The smallest absolute Gasteiger partial charge is 0.871 e. The second-order valence-electron chi connectivity index (χ2n) is 12.6. The molecule has 59 heavy (non-hydrogen) atoms. The summed E-state index contributed by atoms with van der Waals surface area (Å²) in [5.41, 5.74) is 2.44. The molecule has 0 amide bonds. The Hall–Kier alpha value is -3.38. The fraction of sp³-hybridized carbons (Fsp3) is 0.263. The molecule has 0 aliphatic carbocycles. The van der Waals surface area contributed by atoms with Crippen LogP contribution in [-0.4, -0.2) is 92.7 Å². The van der Waals surface area contributed by atoms with Crippen molar-refractivity contribution in [3.05, 3.63) is 95.6 Å². The van der Waals surface area contributed by atoms with Crippen LogP contribution in [0.25, 0.3) is 10.8 Å². The third kappa shape index (κ3) is 14.4. The zero-order valence-electron chi connectivity index (χ0n) is 33.4. The number of azo groups is 2. The van der Waals surface area contributed by atoms with E-state index in [1.807, 2.05) is 30.3 Å². The van der Waals surface area contributed by atoms with E-state index in [1.165, 1.54) is 31.4 Å². The van der Waals surface area contributed by atoms with Crippen LogP contribution in [0.4, 0.5) is 34.1 Å². The number of benzene rings is 5. The van der Waals surface area contributed by atoms with Gasteiger partial charge in [-0.3, -0.25) is 9.45 Å². The van der Waals surface area contributed by atoms with Gasteiger partial charge in [-0.25, -0.2) is 8.42 Å². The van der Waals surface area contributed by atoms with E-state index in [0.29, 0.717) is 42.0 Å². The first-order chi connectivity index (χ1) is 27.0.